The fourth-order valence-corrected chi connectivity index (χ4v) is 5.07. The van der Waals surface area contributed by atoms with Gasteiger partial charge in [-0.2, -0.15) is 0 Å². The number of ether oxygens (including phenoxy) is 1. The summed E-state index contributed by atoms with van der Waals surface area (Å²) in [4.78, 5) is 18.9. The molecule has 162 valence electrons. The zero-order valence-corrected chi connectivity index (χ0v) is 18.5. The lowest BCUT2D eigenvalue weighted by Gasteiger charge is -2.37. The van der Waals surface area contributed by atoms with E-state index in [1.807, 2.05) is 42.2 Å². The maximum absolute atomic E-state index is 13.4. The van der Waals surface area contributed by atoms with Gasteiger partial charge in [-0.25, -0.2) is 0 Å². The first kappa shape index (κ1) is 21.3. The molecule has 2 heterocycles. The summed E-state index contributed by atoms with van der Waals surface area (Å²) >= 11 is 1.77. The summed E-state index contributed by atoms with van der Waals surface area (Å²) in [5, 5.41) is 12.3. The number of para-hydroxylation sites is 1. The lowest BCUT2D eigenvalue weighted by molar-refractivity contribution is -0.136. The number of fused-ring (bicyclic) bond motifs is 1. The molecule has 5 nitrogen and oxygen atoms in total. The Morgan fingerprint density at radius 1 is 1.30 bits per heavy atom. The highest BCUT2D eigenvalue weighted by Crippen LogP contribution is 2.34. The summed E-state index contributed by atoms with van der Waals surface area (Å²) in [5.41, 5.74) is 1.22. The van der Waals surface area contributed by atoms with E-state index in [2.05, 4.69) is 16.3 Å². The Balaban J connectivity index is 1.46. The van der Waals surface area contributed by atoms with Crippen molar-refractivity contribution >= 4 is 17.2 Å². The van der Waals surface area contributed by atoms with E-state index >= 15 is 0 Å². The molecule has 0 bridgehead atoms. The van der Waals surface area contributed by atoms with Gasteiger partial charge >= 0.3 is 0 Å². The van der Waals surface area contributed by atoms with Crippen molar-refractivity contribution in [1.82, 2.24) is 9.80 Å². The number of carbonyl (C=O) groups is 1. The second kappa shape index (κ2) is 9.94. The minimum absolute atomic E-state index is 0.0634. The molecule has 1 aliphatic carbocycles. The fraction of sp³-hybridized carbons (Fsp3) is 0.542. The molecule has 0 radical (unpaired) electrons. The molecule has 2 atom stereocenters. The number of carbonyl (C=O) groups excluding carboxylic acids is 1. The molecular formula is C24H32N2O3S. The number of rotatable bonds is 10. The van der Waals surface area contributed by atoms with Gasteiger partial charge in [0.1, 0.15) is 12.4 Å². The largest absolute Gasteiger partial charge is 0.491 e. The molecule has 1 fully saturated rings. The summed E-state index contributed by atoms with van der Waals surface area (Å²) in [6, 6.07) is 11.9. The average molecular weight is 429 g/mol. The quantitative estimate of drug-likeness (QED) is 0.626. The van der Waals surface area contributed by atoms with E-state index in [-0.39, 0.29) is 18.1 Å². The van der Waals surface area contributed by atoms with Gasteiger partial charge in [0, 0.05) is 24.5 Å². The van der Waals surface area contributed by atoms with Crippen molar-refractivity contribution in [3.8, 4) is 5.75 Å². The van der Waals surface area contributed by atoms with Crippen LogP contribution in [0.2, 0.25) is 0 Å². The van der Waals surface area contributed by atoms with E-state index in [9.17, 15) is 9.90 Å². The second-order valence-corrected chi connectivity index (χ2v) is 9.48. The van der Waals surface area contributed by atoms with Crippen molar-refractivity contribution in [3.63, 3.8) is 0 Å². The summed E-state index contributed by atoms with van der Waals surface area (Å²) in [6.45, 7) is 5.02. The van der Waals surface area contributed by atoms with Crippen molar-refractivity contribution in [2.24, 2.45) is 5.92 Å². The normalized spacial score (nSPS) is 19.6. The van der Waals surface area contributed by atoms with Crippen LogP contribution >= 0.6 is 11.3 Å². The lowest BCUT2D eigenvalue weighted by atomic mass is 10.0. The zero-order valence-electron chi connectivity index (χ0n) is 17.7. The monoisotopic (exact) mass is 428 g/mol. The van der Waals surface area contributed by atoms with Gasteiger partial charge in [0.25, 0.3) is 0 Å². The van der Waals surface area contributed by atoms with Gasteiger partial charge in [-0.05, 0) is 60.7 Å². The smallest absolute Gasteiger partial charge is 0.237 e. The van der Waals surface area contributed by atoms with E-state index in [1.54, 1.807) is 11.3 Å². The van der Waals surface area contributed by atoms with Crippen molar-refractivity contribution < 1.29 is 14.6 Å². The maximum atomic E-state index is 13.4. The first-order chi connectivity index (χ1) is 14.6. The van der Waals surface area contributed by atoms with Gasteiger partial charge in [-0.1, -0.05) is 25.1 Å². The molecule has 6 heteroatoms. The fourth-order valence-electron chi connectivity index (χ4n) is 4.14. The van der Waals surface area contributed by atoms with E-state index in [0.717, 1.165) is 25.3 Å². The van der Waals surface area contributed by atoms with Gasteiger partial charge < -0.3 is 14.7 Å². The van der Waals surface area contributed by atoms with Gasteiger partial charge in [-0.3, -0.25) is 9.69 Å². The first-order valence-electron chi connectivity index (χ1n) is 11.1. The Morgan fingerprint density at radius 2 is 2.10 bits per heavy atom. The van der Waals surface area contributed by atoms with Crippen LogP contribution in [0.15, 0.2) is 41.8 Å². The molecule has 30 heavy (non-hydrogen) atoms. The van der Waals surface area contributed by atoms with E-state index in [1.165, 1.54) is 23.3 Å². The predicted octanol–water partition coefficient (Wildman–Crippen LogP) is 3.74. The summed E-state index contributed by atoms with van der Waals surface area (Å²) in [6.07, 6.45) is 3.72. The molecule has 4 rings (SSSR count). The number of thiophene rings is 1. The Morgan fingerprint density at radius 3 is 2.83 bits per heavy atom. The van der Waals surface area contributed by atoms with Gasteiger partial charge in [-0.15, -0.1) is 11.3 Å². The molecule has 1 amide bonds. The third-order valence-corrected chi connectivity index (χ3v) is 7.08. The topological polar surface area (TPSA) is 53.0 Å². The number of hydrogen-bond acceptors (Lipinski definition) is 5. The molecular weight excluding hydrogens is 396 g/mol. The van der Waals surface area contributed by atoms with E-state index < -0.39 is 0 Å². The third-order valence-electron chi connectivity index (χ3n) is 6.08. The summed E-state index contributed by atoms with van der Waals surface area (Å²) in [5.74, 6) is 1.65. The third kappa shape index (κ3) is 5.42. The Hall–Kier alpha value is -1.89. The van der Waals surface area contributed by atoms with Crippen molar-refractivity contribution in [2.45, 2.75) is 44.8 Å². The number of aliphatic hydroxyl groups is 1. The Labute approximate surface area is 183 Å². The summed E-state index contributed by atoms with van der Waals surface area (Å²) < 4.78 is 6.07. The van der Waals surface area contributed by atoms with Gasteiger partial charge in [0.05, 0.1) is 18.7 Å². The van der Waals surface area contributed by atoms with Crippen LogP contribution in [0.4, 0.5) is 0 Å². The Kier molecular flexibility index (Phi) is 7.08. The molecule has 1 saturated carbocycles. The average Bonchev–Trinajstić information content (AvgIpc) is 3.44. The molecule has 0 spiro atoms. The van der Waals surface area contributed by atoms with Gasteiger partial charge in [0.2, 0.25) is 5.91 Å². The number of benzene rings is 1. The molecule has 0 saturated heterocycles. The van der Waals surface area contributed by atoms with Crippen molar-refractivity contribution in [1.29, 1.82) is 0 Å². The second-order valence-electron chi connectivity index (χ2n) is 8.48. The van der Waals surface area contributed by atoms with Crippen LogP contribution < -0.4 is 4.74 Å². The van der Waals surface area contributed by atoms with E-state index in [4.69, 9.17) is 4.74 Å². The number of aliphatic hydroxyl groups excluding tert-OH is 1. The number of amides is 1. The number of nitrogens with zero attached hydrogens (tertiary/aromatic N) is 2. The molecule has 2 aromatic rings. The molecule has 1 N–H and O–H groups in total. The molecule has 1 aromatic heterocycles. The highest BCUT2D eigenvalue weighted by molar-refractivity contribution is 7.10. The van der Waals surface area contributed by atoms with Crippen LogP contribution in [0.5, 0.6) is 5.75 Å². The van der Waals surface area contributed by atoms with Crippen molar-refractivity contribution in [2.75, 3.05) is 32.8 Å². The van der Waals surface area contributed by atoms with Crippen LogP contribution in [-0.4, -0.2) is 59.7 Å². The SMILES string of the molecule is CC[C@@H](O)CN(CC(=O)N1CCc2sccc2[C@H]1COc1ccccc1)CC1CC1. The van der Waals surface area contributed by atoms with Crippen LogP contribution in [0.3, 0.4) is 0 Å². The van der Waals surface area contributed by atoms with Crippen LogP contribution in [0, 0.1) is 5.92 Å². The Bertz CT molecular complexity index is 821. The predicted molar refractivity (Wildman–Crippen MR) is 120 cm³/mol. The molecule has 1 aromatic carbocycles. The minimum atomic E-state index is -0.376. The lowest BCUT2D eigenvalue weighted by Crippen LogP contribution is -2.48. The van der Waals surface area contributed by atoms with E-state index in [0.29, 0.717) is 32.0 Å². The van der Waals surface area contributed by atoms with Crippen LogP contribution in [0.1, 0.15) is 42.7 Å². The highest BCUT2D eigenvalue weighted by atomic mass is 32.1. The molecule has 0 unspecified atom stereocenters. The molecule has 2 aliphatic rings. The highest BCUT2D eigenvalue weighted by Gasteiger charge is 2.34. The number of hydrogen-bond donors (Lipinski definition) is 1. The van der Waals surface area contributed by atoms with Crippen LogP contribution in [-0.2, 0) is 11.2 Å². The minimum Gasteiger partial charge on any atom is -0.491 e. The summed E-state index contributed by atoms with van der Waals surface area (Å²) in [7, 11) is 0. The van der Waals surface area contributed by atoms with Gasteiger partial charge in [0.15, 0.2) is 0 Å². The van der Waals surface area contributed by atoms with Crippen molar-refractivity contribution in [3.05, 3.63) is 52.2 Å². The maximum Gasteiger partial charge on any atom is 0.237 e. The van der Waals surface area contributed by atoms with Crippen LogP contribution in [0.25, 0.3) is 0 Å². The standard InChI is InChI=1S/C24H32N2O3S/c1-2-19(27)15-25(14-18-8-9-18)16-24(28)26-12-10-23-21(11-13-30-23)22(26)17-29-20-6-4-3-5-7-20/h3-7,11,13,18-19,22,27H,2,8-10,12,14-17H2,1H3/t19-,22-/m1/s1. The first-order valence-corrected chi connectivity index (χ1v) is 12.0. The molecule has 1 aliphatic heterocycles. The zero-order chi connectivity index (χ0) is 20.9.